The van der Waals surface area contributed by atoms with Gasteiger partial charge in [0.2, 0.25) is 11.7 Å². The number of ether oxygens (including phenoxy) is 3. The molecule has 0 amide bonds. The maximum Gasteiger partial charge on any atom is 0.272 e. The van der Waals surface area contributed by atoms with Gasteiger partial charge >= 0.3 is 0 Å². The predicted molar refractivity (Wildman–Crippen MR) is 111 cm³/mol. The van der Waals surface area contributed by atoms with E-state index in [4.69, 9.17) is 14.2 Å². The van der Waals surface area contributed by atoms with E-state index in [0.29, 0.717) is 16.4 Å². The van der Waals surface area contributed by atoms with Gasteiger partial charge in [0.05, 0.1) is 25.3 Å². The molecule has 0 aliphatic rings. The second-order valence-corrected chi connectivity index (χ2v) is 8.07. The van der Waals surface area contributed by atoms with Gasteiger partial charge in [0.15, 0.2) is 0 Å². The number of fused-ring (bicyclic) bond motifs is 3. The Kier molecular flexibility index (Phi) is 5.65. The molecule has 0 atom stereocenters. The van der Waals surface area contributed by atoms with E-state index in [1.165, 1.54) is 20.4 Å². The molecule has 10 nitrogen and oxygen atoms in total. The Labute approximate surface area is 180 Å². The summed E-state index contributed by atoms with van der Waals surface area (Å²) in [6.07, 6.45) is 0.184. The number of sulfonamides is 1. The second kappa shape index (κ2) is 8.42. The Hall–Kier alpha value is -3.74. The number of aromatic amines is 1. The highest BCUT2D eigenvalue weighted by molar-refractivity contribution is 7.93. The lowest BCUT2D eigenvalue weighted by molar-refractivity contribution is 0.0781. The normalized spacial score (nSPS) is 11.8. The number of H-pyrrole nitrogens is 1. The quantitative estimate of drug-likeness (QED) is 0.406. The van der Waals surface area contributed by atoms with Crippen molar-refractivity contribution in [3.05, 3.63) is 36.7 Å². The van der Waals surface area contributed by atoms with Crippen LogP contribution in [0.5, 0.6) is 17.5 Å². The molecule has 168 valence electrons. The lowest BCUT2D eigenvalue weighted by atomic mass is 10.1. The van der Waals surface area contributed by atoms with Gasteiger partial charge < -0.3 is 19.2 Å². The van der Waals surface area contributed by atoms with Crippen molar-refractivity contribution in [2.45, 2.75) is 11.3 Å². The molecule has 32 heavy (non-hydrogen) atoms. The molecule has 0 unspecified atom stereocenters. The van der Waals surface area contributed by atoms with E-state index >= 15 is 0 Å². The number of hydrogen-bond acceptors (Lipinski definition) is 8. The van der Waals surface area contributed by atoms with Gasteiger partial charge in [-0.3, -0.25) is 4.98 Å². The number of aromatic nitrogens is 4. The Balaban J connectivity index is 1.73. The minimum Gasteiger partial charge on any atom is -0.478 e. The van der Waals surface area contributed by atoms with Crippen molar-refractivity contribution in [2.24, 2.45) is 0 Å². The van der Waals surface area contributed by atoms with Gasteiger partial charge in [0.25, 0.3) is 28.2 Å². The fourth-order valence-electron chi connectivity index (χ4n) is 3.10. The van der Waals surface area contributed by atoms with Crippen molar-refractivity contribution >= 4 is 37.8 Å². The summed E-state index contributed by atoms with van der Waals surface area (Å²) in [5, 5.41) is 1.26. The number of pyridine rings is 1. The Morgan fingerprint density at radius 3 is 2.50 bits per heavy atom. The summed E-state index contributed by atoms with van der Waals surface area (Å²) in [5.41, 5.74) is 1.17. The monoisotopic (exact) mass is 465 g/mol. The summed E-state index contributed by atoms with van der Waals surface area (Å²) in [7, 11) is -1.75. The third-order valence-electron chi connectivity index (χ3n) is 4.45. The maximum absolute atomic E-state index is 13.1. The zero-order valence-corrected chi connectivity index (χ0v) is 17.6. The summed E-state index contributed by atoms with van der Waals surface area (Å²) in [6, 6.07) is 7.11. The van der Waals surface area contributed by atoms with Crippen molar-refractivity contribution in [1.82, 2.24) is 19.9 Å². The van der Waals surface area contributed by atoms with Gasteiger partial charge in [-0.05, 0) is 6.07 Å². The first-order chi connectivity index (χ1) is 15.3. The molecule has 0 radical (unpaired) electrons. The van der Waals surface area contributed by atoms with E-state index in [-0.39, 0.29) is 22.4 Å². The average Bonchev–Trinajstić information content (AvgIpc) is 3.23. The molecule has 13 heteroatoms. The van der Waals surface area contributed by atoms with Crippen LogP contribution in [0, 0.1) is 0 Å². The van der Waals surface area contributed by atoms with Gasteiger partial charge in [0.1, 0.15) is 11.5 Å². The number of alkyl halides is 2. The zero-order chi connectivity index (χ0) is 22.9. The van der Waals surface area contributed by atoms with Crippen LogP contribution in [-0.2, 0) is 10.0 Å². The van der Waals surface area contributed by atoms with Gasteiger partial charge in [0, 0.05) is 23.2 Å². The molecule has 4 aromatic rings. The van der Waals surface area contributed by atoms with Crippen LogP contribution in [-0.4, -0.2) is 55.6 Å². The number of anilines is 1. The van der Waals surface area contributed by atoms with Crippen LogP contribution in [0.25, 0.3) is 21.8 Å². The fraction of sp³-hybridized carbons (Fsp3) is 0.211. The number of rotatable bonds is 8. The number of nitrogens with zero attached hydrogens (tertiary/aromatic N) is 3. The highest BCUT2D eigenvalue weighted by atomic mass is 32.2. The first kappa shape index (κ1) is 21.5. The van der Waals surface area contributed by atoms with E-state index in [9.17, 15) is 17.2 Å². The molecule has 2 N–H and O–H groups in total. The van der Waals surface area contributed by atoms with Crippen LogP contribution >= 0.6 is 0 Å². The van der Waals surface area contributed by atoms with E-state index in [1.54, 1.807) is 18.3 Å². The van der Waals surface area contributed by atoms with Crippen molar-refractivity contribution in [1.29, 1.82) is 0 Å². The van der Waals surface area contributed by atoms with Crippen LogP contribution in [0.2, 0.25) is 0 Å². The minimum atomic E-state index is -4.18. The third-order valence-corrected chi connectivity index (χ3v) is 5.80. The standard InChI is InChI=1S/C19H17F2N5O5S/c1-29-17-16(31-9-13(20)21)18(30-2)25-19(24-17)26-32(27,28)12-8-23-15-11(12)6-5-10-4-3-7-22-14(10)15/h3-8,13,22H,9H2,1-2H3,(H,24,25,26). The highest BCUT2D eigenvalue weighted by Crippen LogP contribution is 2.36. The van der Waals surface area contributed by atoms with Gasteiger partial charge in [-0.2, -0.15) is 9.97 Å². The molecule has 0 saturated carbocycles. The van der Waals surface area contributed by atoms with Gasteiger partial charge in [-0.1, -0.05) is 18.2 Å². The fourth-order valence-corrected chi connectivity index (χ4v) is 4.19. The van der Waals surface area contributed by atoms with Crippen LogP contribution in [0.3, 0.4) is 0 Å². The predicted octanol–water partition coefficient (Wildman–Crippen LogP) is 2.97. The Morgan fingerprint density at radius 1 is 1.12 bits per heavy atom. The van der Waals surface area contributed by atoms with Crippen molar-refractivity contribution in [3.8, 4) is 17.5 Å². The highest BCUT2D eigenvalue weighted by Gasteiger charge is 2.25. The largest absolute Gasteiger partial charge is 0.478 e. The molecule has 0 saturated heterocycles. The zero-order valence-electron chi connectivity index (χ0n) is 16.8. The minimum absolute atomic E-state index is 0.0915. The molecule has 0 spiro atoms. The average molecular weight is 465 g/mol. The second-order valence-electron chi connectivity index (χ2n) is 6.42. The van der Waals surface area contributed by atoms with Crippen molar-refractivity contribution < 1.29 is 31.4 Å². The number of methoxy groups -OCH3 is 2. The van der Waals surface area contributed by atoms with E-state index < -0.39 is 29.0 Å². The Bertz CT molecular complexity index is 1370. The molecule has 0 bridgehead atoms. The first-order valence-electron chi connectivity index (χ1n) is 9.12. The molecule has 0 aliphatic carbocycles. The summed E-state index contributed by atoms with van der Waals surface area (Å²) < 4.78 is 68.4. The lowest BCUT2D eigenvalue weighted by Gasteiger charge is -2.14. The molecule has 3 aromatic heterocycles. The van der Waals surface area contributed by atoms with Crippen LogP contribution in [0.1, 0.15) is 0 Å². The smallest absolute Gasteiger partial charge is 0.272 e. The van der Waals surface area contributed by atoms with Crippen LogP contribution in [0.15, 0.2) is 41.6 Å². The lowest BCUT2D eigenvalue weighted by Crippen LogP contribution is -2.16. The summed E-state index contributed by atoms with van der Waals surface area (Å²) in [5.74, 6) is -1.23. The van der Waals surface area contributed by atoms with Gasteiger partial charge in [-0.15, -0.1) is 0 Å². The topological polar surface area (TPSA) is 128 Å². The Morgan fingerprint density at radius 2 is 1.84 bits per heavy atom. The SMILES string of the molecule is COc1nc(NS(=O)(=O)c2cnc3c2ccc2ccc[nH]c23)nc(OC)c1OCC(F)F. The van der Waals surface area contributed by atoms with Crippen molar-refractivity contribution in [2.75, 3.05) is 25.5 Å². The van der Waals surface area contributed by atoms with E-state index in [0.717, 1.165) is 5.39 Å². The van der Waals surface area contributed by atoms with Gasteiger partial charge in [-0.25, -0.2) is 21.9 Å². The number of hydrogen-bond donors (Lipinski definition) is 2. The molecule has 0 aliphatic heterocycles. The van der Waals surface area contributed by atoms with Crippen LogP contribution in [0.4, 0.5) is 14.7 Å². The molecule has 3 heterocycles. The van der Waals surface area contributed by atoms with E-state index in [1.807, 2.05) is 12.1 Å². The molecular weight excluding hydrogens is 448 g/mol. The van der Waals surface area contributed by atoms with E-state index in [2.05, 4.69) is 24.7 Å². The third kappa shape index (κ3) is 3.93. The number of nitrogens with one attached hydrogen (secondary N) is 2. The maximum atomic E-state index is 13.1. The summed E-state index contributed by atoms with van der Waals surface area (Å²) in [4.78, 5) is 15.0. The number of halogens is 2. The van der Waals surface area contributed by atoms with Crippen molar-refractivity contribution in [3.63, 3.8) is 0 Å². The molecule has 1 aromatic carbocycles. The number of benzene rings is 1. The molecule has 0 fully saturated rings. The first-order valence-corrected chi connectivity index (χ1v) is 10.6. The summed E-state index contributed by atoms with van der Waals surface area (Å²) >= 11 is 0. The summed E-state index contributed by atoms with van der Waals surface area (Å²) in [6.45, 7) is -0.947. The van der Waals surface area contributed by atoms with Crippen LogP contribution < -0.4 is 18.9 Å². The molecular formula is C19H17F2N5O5S. The molecule has 4 rings (SSSR count).